The Morgan fingerprint density at radius 2 is 1.92 bits per heavy atom. The van der Waals surface area contributed by atoms with Crippen molar-refractivity contribution in [2.45, 2.75) is 26.9 Å². The molecule has 0 aromatic rings. The van der Waals surface area contributed by atoms with Crippen LogP contribution in [0.25, 0.3) is 0 Å². The first kappa shape index (κ1) is 11.7. The van der Waals surface area contributed by atoms with Crippen molar-refractivity contribution in [3.63, 3.8) is 0 Å². The molecule has 0 amide bonds. The van der Waals surface area contributed by atoms with E-state index in [4.69, 9.17) is 16.7 Å². The summed E-state index contributed by atoms with van der Waals surface area (Å²) < 4.78 is 0. The average Bonchev–Trinajstić information content (AvgIpc) is 1.83. The summed E-state index contributed by atoms with van der Waals surface area (Å²) in [6, 6.07) is 0. The number of carboxylic acid groups (broad SMARTS) is 1. The van der Waals surface area contributed by atoms with E-state index in [0.717, 1.165) is 0 Å². The zero-order valence-electron chi connectivity index (χ0n) is 7.54. The molecule has 2 atom stereocenters. The van der Waals surface area contributed by atoms with E-state index in [0.29, 0.717) is 0 Å². The summed E-state index contributed by atoms with van der Waals surface area (Å²) >= 11 is 5.38. The first-order chi connectivity index (χ1) is 5.30. The van der Waals surface area contributed by atoms with E-state index in [1.165, 1.54) is 0 Å². The molecular formula is C8H15ClO3. The second-order valence-corrected chi connectivity index (χ2v) is 4.21. The molecule has 0 bridgehead atoms. The third-order valence-electron chi connectivity index (χ3n) is 1.74. The van der Waals surface area contributed by atoms with Gasteiger partial charge in [-0.2, -0.15) is 0 Å². The predicted molar refractivity (Wildman–Crippen MR) is 47.3 cm³/mol. The van der Waals surface area contributed by atoms with E-state index in [1.54, 1.807) is 20.8 Å². The maximum absolute atomic E-state index is 10.7. The Kier molecular flexibility index (Phi) is 4.00. The van der Waals surface area contributed by atoms with Crippen molar-refractivity contribution < 1.29 is 15.0 Å². The summed E-state index contributed by atoms with van der Waals surface area (Å²) in [5.74, 6) is -1.86. The first-order valence-corrected chi connectivity index (χ1v) is 4.31. The van der Waals surface area contributed by atoms with Crippen LogP contribution in [0.4, 0.5) is 0 Å². The van der Waals surface area contributed by atoms with Crippen LogP contribution in [-0.2, 0) is 4.79 Å². The molecule has 0 saturated carbocycles. The highest BCUT2D eigenvalue weighted by atomic mass is 35.5. The second-order valence-electron chi connectivity index (χ2n) is 3.90. The Labute approximate surface area is 77.3 Å². The van der Waals surface area contributed by atoms with Crippen molar-refractivity contribution >= 4 is 17.6 Å². The zero-order chi connectivity index (χ0) is 9.94. The van der Waals surface area contributed by atoms with Crippen LogP contribution in [0.5, 0.6) is 0 Å². The zero-order valence-corrected chi connectivity index (χ0v) is 8.30. The lowest BCUT2D eigenvalue weighted by Crippen LogP contribution is -2.39. The number of rotatable bonds is 3. The van der Waals surface area contributed by atoms with Crippen LogP contribution >= 0.6 is 11.6 Å². The van der Waals surface area contributed by atoms with Gasteiger partial charge in [-0.1, -0.05) is 20.8 Å². The van der Waals surface area contributed by atoms with Crippen molar-refractivity contribution in [1.82, 2.24) is 0 Å². The van der Waals surface area contributed by atoms with Gasteiger partial charge in [-0.15, -0.1) is 11.6 Å². The number of carbonyl (C=O) groups is 1. The number of halogens is 1. The third kappa shape index (κ3) is 2.99. The fourth-order valence-corrected chi connectivity index (χ4v) is 1.38. The molecule has 0 aliphatic rings. The molecule has 1 unspecified atom stereocenters. The quantitative estimate of drug-likeness (QED) is 0.667. The molecule has 12 heavy (non-hydrogen) atoms. The molecule has 0 heterocycles. The third-order valence-corrected chi connectivity index (χ3v) is 2.06. The first-order valence-electron chi connectivity index (χ1n) is 3.77. The van der Waals surface area contributed by atoms with Crippen molar-refractivity contribution in [2.24, 2.45) is 11.3 Å². The van der Waals surface area contributed by atoms with Gasteiger partial charge in [0.2, 0.25) is 0 Å². The van der Waals surface area contributed by atoms with Gasteiger partial charge in [0.15, 0.2) is 0 Å². The van der Waals surface area contributed by atoms with Gasteiger partial charge >= 0.3 is 5.97 Å². The fraction of sp³-hybridized carbons (Fsp3) is 0.875. The molecule has 0 spiro atoms. The van der Waals surface area contributed by atoms with E-state index in [1.807, 2.05) is 0 Å². The molecular weight excluding hydrogens is 180 g/mol. The van der Waals surface area contributed by atoms with Crippen LogP contribution in [0, 0.1) is 11.3 Å². The predicted octanol–water partition coefficient (Wildman–Crippen LogP) is 1.33. The van der Waals surface area contributed by atoms with Gasteiger partial charge < -0.3 is 10.2 Å². The number of hydrogen-bond acceptors (Lipinski definition) is 2. The molecule has 0 radical (unpaired) electrons. The summed E-state index contributed by atoms with van der Waals surface area (Å²) in [4.78, 5) is 10.7. The Bertz CT molecular complexity index is 162. The molecule has 0 aromatic carbocycles. The normalized spacial score (nSPS) is 17.1. The topological polar surface area (TPSA) is 57.5 Å². The van der Waals surface area contributed by atoms with E-state index in [-0.39, 0.29) is 5.88 Å². The van der Waals surface area contributed by atoms with Crippen LogP contribution in [0.1, 0.15) is 20.8 Å². The highest BCUT2D eigenvalue weighted by molar-refractivity contribution is 6.18. The largest absolute Gasteiger partial charge is 0.481 e. The van der Waals surface area contributed by atoms with Crippen molar-refractivity contribution in [3.05, 3.63) is 0 Å². The summed E-state index contributed by atoms with van der Waals surface area (Å²) in [6.07, 6.45) is -0.982. The van der Waals surface area contributed by atoms with Gasteiger partial charge in [-0.25, -0.2) is 0 Å². The van der Waals surface area contributed by atoms with Gasteiger partial charge in [0, 0.05) is 5.88 Å². The van der Waals surface area contributed by atoms with E-state index < -0.39 is 23.4 Å². The van der Waals surface area contributed by atoms with Crippen molar-refractivity contribution in [2.75, 3.05) is 5.88 Å². The standard InChI is InChI=1S/C8H15ClO3/c1-8(2,3)6(7(11)12)5(10)4-9/h5-6,10H,4H2,1-3H3,(H,11,12)/t5-,6?/m0/s1. The number of aliphatic hydroxyl groups excluding tert-OH is 1. The molecule has 0 aromatic heterocycles. The van der Waals surface area contributed by atoms with Gasteiger partial charge in [0.05, 0.1) is 12.0 Å². The second kappa shape index (κ2) is 4.10. The van der Waals surface area contributed by atoms with Crippen LogP contribution in [0.3, 0.4) is 0 Å². The van der Waals surface area contributed by atoms with Gasteiger partial charge in [-0.05, 0) is 5.41 Å². The minimum absolute atomic E-state index is 0.0474. The molecule has 3 nitrogen and oxygen atoms in total. The SMILES string of the molecule is CC(C)(C)C(C(=O)O)[C@@H](O)CCl. The lowest BCUT2D eigenvalue weighted by Gasteiger charge is -2.29. The van der Waals surface area contributed by atoms with E-state index in [2.05, 4.69) is 0 Å². The lowest BCUT2D eigenvalue weighted by atomic mass is 9.78. The summed E-state index contributed by atoms with van der Waals surface area (Å²) in [5.41, 5.74) is -0.472. The number of aliphatic carboxylic acids is 1. The maximum atomic E-state index is 10.7. The highest BCUT2D eigenvalue weighted by Gasteiger charge is 2.36. The highest BCUT2D eigenvalue weighted by Crippen LogP contribution is 2.29. The van der Waals surface area contributed by atoms with Crippen LogP contribution in [0.2, 0.25) is 0 Å². The Morgan fingerprint density at radius 1 is 1.50 bits per heavy atom. The minimum Gasteiger partial charge on any atom is -0.481 e. The molecule has 4 heteroatoms. The van der Waals surface area contributed by atoms with E-state index >= 15 is 0 Å². The molecule has 0 aliphatic carbocycles. The fourth-order valence-electron chi connectivity index (χ4n) is 1.20. The van der Waals surface area contributed by atoms with Crippen LogP contribution in [-0.4, -0.2) is 28.2 Å². The number of carboxylic acids is 1. The molecule has 2 N–H and O–H groups in total. The molecule has 0 saturated heterocycles. The maximum Gasteiger partial charge on any atom is 0.309 e. The number of hydrogen-bond donors (Lipinski definition) is 2. The molecule has 0 rings (SSSR count). The van der Waals surface area contributed by atoms with Crippen molar-refractivity contribution in [1.29, 1.82) is 0 Å². The summed E-state index contributed by atoms with van der Waals surface area (Å²) in [7, 11) is 0. The molecule has 0 fully saturated rings. The number of alkyl halides is 1. The average molecular weight is 195 g/mol. The smallest absolute Gasteiger partial charge is 0.309 e. The summed E-state index contributed by atoms with van der Waals surface area (Å²) in [5, 5.41) is 18.1. The number of aliphatic hydroxyl groups is 1. The Balaban J connectivity index is 4.56. The Morgan fingerprint density at radius 3 is 2.00 bits per heavy atom. The van der Waals surface area contributed by atoms with Gasteiger partial charge in [0.25, 0.3) is 0 Å². The van der Waals surface area contributed by atoms with Crippen LogP contribution < -0.4 is 0 Å². The molecule has 72 valence electrons. The van der Waals surface area contributed by atoms with E-state index in [9.17, 15) is 9.90 Å². The molecule has 0 aliphatic heterocycles. The van der Waals surface area contributed by atoms with Gasteiger partial charge in [-0.3, -0.25) is 4.79 Å². The van der Waals surface area contributed by atoms with Crippen molar-refractivity contribution in [3.8, 4) is 0 Å². The Hall–Kier alpha value is -0.280. The lowest BCUT2D eigenvalue weighted by molar-refractivity contribution is -0.150. The summed E-state index contributed by atoms with van der Waals surface area (Å²) in [6.45, 7) is 5.30. The van der Waals surface area contributed by atoms with Crippen LogP contribution in [0.15, 0.2) is 0 Å². The minimum atomic E-state index is -1.00. The monoisotopic (exact) mass is 194 g/mol. The van der Waals surface area contributed by atoms with Gasteiger partial charge in [0.1, 0.15) is 0 Å².